The van der Waals surface area contributed by atoms with Crippen LogP contribution >= 0.6 is 11.3 Å². The van der Waals surface area contributed by atoms with E-state index < -0.39 is 23.6 Å². The maximum absolute atomic E-state index is 12.6. The highest BCUT2D eigenvalue weighted by Crippen LogP contribution is 2.29. The van der Waals surface area contributed by atoms with Crippen molar-refractivity contribution in [1.29, 1.82) is 0 Å². The summed E-state index contributed by atoms with van der Waals surface area (Å²) in [7, 11) is 0. The molecule has 1 amide bonds. The number of benzene rings is 1. The summed E-state index contributed by atoms with van der Waals surface area (Å²) in [5.41, 5.74) is -0.588. The van der Waals surface area contributed by atoms with Crippen LogP contribution in [0.1, 0.15) is 20.8 Å². The number of amides is 1. The second kappa shape index (κ2) is 7.28. The highest BCUT2D eigenvalue weighted by Gasteiger charge is 2.30. The van der Waals surface area contributed by atoms with Gasteiger partial charge >= 0.3 is 12.1 Å². The van der Waals surface area contributed by atoms with Crippen molar-refractivity contribution in [3.8, 4) is 0 Å². The summed E-state index contributed by atoms with van der Waals surface area (Å²) in [6.45, 7) is -0.646. The zero-order valence-electron chi connectivity index (χ0n) is 11.7. The molecule has 2 aromatic rings. The SMILES string of the molecule is O=C(CNC(=O)c1cccs1)OCc1cccc(C(F)(F)F)c1. The molecule has 2 rings (SSSR count). The first-order chi connectivity index (χ1) is 10.9. The van der Waals surface area contributed by atoms with Crippen LogP contribution in [0.25, 0.3) is 0 Å². The van der Waals surface area contributed by atoms with E-state index in [1.807, 2.05) is 0 Å². The Labute approximate surface area is 133 Å². The van der Waals surface area contributed by atoms with Gasteiger partial charge in [-0.15, -0.1) is 11.3 Å². The number of carbonyl (C=O) groups excluding carboxylic acids is 2. The lowest BCUT2D eigenvalue weighted by molar-refractivity contribution is -0.143. The fraction of sp³-hybridized carbons (Fsp3) is 0.200. The smallest absolute Gasteiger partial charge is 0.416 e. The number of rotatable bonds is 5. The van der Waals surface area contributed by atoms with Crippen LogP contribution in [0.4, 0.5) is 13.2 Å². The molecule has 0 spiro atoms. The third kappa shape index (κ3) is 5.10. The predicted octanol–water partition coefficient (Wildman–Crippen LogP) is 3.24. The van der Waals surface area contributed by atoms with Crippen molar-refractivity contribution in [2.75, 3.05) is 6.54 Å². The van der Waals surface area contributed by atoms with Crippen LogP contribution in [-0.4, -0.2) is 18.4 Å². The quantitative estimate of drug-likeness (QED) is 0.848. The summed E-state index contributed by atoms with van der Waals surface area (Å²) in [5.74, 6) is -1.14. The first-order valence-electron chi connectivity index (χ1n) is 6.50. The van der Waals surface area contributed by atoms with Crippen LogP contribution in [0.5, 0.6) is 0 Å². The van der Waals surface area contributed by atoms with Gasteiger partial charge in [-0.1, -0.05) is 18.2 Å². The summed E-state index contributed by atoms with van der Waals surface area (Å²) in [6, 6.07) is 7.82. The molecule has 0 fully saturated rings. The normalized spacial score (nSPS) is 11.1. The first kappa shape index (κ1) is 17.0. The fourth-order valence-corrected chi connectivity index (χ4v) is 2.34. The van der Waals surface area contributed by atoms with Gasteiger partial charge in [0.1, 0.15) is 13.2 Å². The minimum Gasteiger partial charge on any atom is -0.460 e. The molecule has 0 atom stereocenters. The number of hydrogen-bond donors (Lipinski definition) is 1. The van der Waals surface area contributed by atoms with E-state index in [0.29, 0.717) is 4.88 Å². The standard InChI is InChI=1S/C15H12F3NO3S/c16-15(17,18)11-4-1-3-10(7-11)9-22-13(20)8-19-14(21)12-5-2-6-23-12/h1-7H,8-9H2,(H,19,21). The molecule has 1 aromatic heterocycles. The van der Waals surface area contributed by atoms with Crippen molar-refractivity contribution < 1.29 is 27.5 Å². The van der Waals surface area contributed by atoms with Crippen molar-refractivity contribution in [3.63, 3.8) is 0 Å². The van der Waals surface area contributed by atoms with Crippen molar-refractivity contribution in [1.82, 2.24) is 5.32 Å². The van der Waals surface area contributed by atoms with Crippen LogP contribution in [0.2, 0.25) is 0 Å². The molecule has 1 N–H and O–H groups in total. The Bertz CT molecular complexity index is 684. The van der Waals surface area contributed by atoms with E-state index in [4.69, 9.17) is 4.74 Å². The molecule has 4 nitrogen and oxygen atoms in total. The minimum atomic E-state index is -4.45. The molecule has 0 aliphatic heterocycles. The molecule has 0 bridgehead atoms. The lowest BCUT2D eigenvalue weighted by atomic mass is 10.1. The van der Waals surface area contributed by atoms with Gasteiger partial charge in [-0.25, -0.2) is 0 Å². The monoisotopic (exact) mass is 343 g/mol. The molecule has 1 heterocycles. The number of alkyl halides is 3. The highest BCUT2D eigenvalue weighted by molar-refractivity contribution is 7.12. The summed E-state index contributed by atoms with van der Waals surface area (Å²) >= 11 is 1.23. The highest BCUT2D eigenvalue weighted by atomic mass is 32.1. The first-order valence-corrected chi connectivity index (χ1v) is 7.37. The van der Waals surface area contributed by atoms with Crippen molar-refractivity contribution in [3.05, 3.63) is 57.8 Å². The fourth-order valence-electron chi connectivity index (χ4n) is 1.70. The van der Waals surface area contributed by atoms with E-state index in [2.05, 4.69) is 5.32 Å². The number of ether oxygens (including phenoxy) is 1. The number of hydrogen-bond acceptors (Lipinski definition) is 4. The zero-order chi connectivity index (χ0) is 16.9. The van der Waals surface area contributed by atoms with E-state index in [9.17, 15) is 22.8 Å². The second-order valence-corrected chi connectivity index (χ2v) is 5.47. The van der Waals surface area contributed by atoms with Crippen LogP contribution in [-0.2, 0) is 22.3 Å². The summed E-state index contributed by atoms with van der Waals surface area (Å²) < 4.78 is 42.5. The van der Waals surface area contributed by atoms with Gasteiger partial charge in [-0.05, 0) is 29.1 Å². The van der Waals surface area contributed by atoms with Gasteiger partial charge < -0.3 is 10.1 Å². The molecule has 0 radical (unpaired) electrons. The number of esters is 1. The Balaban J connectivity index is 1.82. The van der Waals surface area contributed by atoms with E-state index in [0.717, 1.165) is 12.1 Å². The second-order valence-electron chi connectivity index (χ2n) is 4.52. The molecule has 8 heteroatoms. The topological polar surface area (TPSA) is 55.4 Å². The van der Waals surface area contributed by atoms with E-state index in [1.54, 1.807) is 17.5 Å². The number of nitrogens with one attached hydrogen (secondary N) is 1. The Morgan fingerprint density at radius 2 is 1.96 bits per heavy atom. The van der Waals surface area contributed by atoms with E-state index >= 15 is 0 Å². The van der Waals surface area contributed by atoms with Gasteiger partial charge in [0.05, 0.1) is 10.4 Å². The average Bonchev–Trinajstić information content (AvgIpc) is 3.04. The van der Waals surface area contributed by atoms with Crippen molar-refractivity contribution in [2.45, 2.75) is 12.8 Å². The average molecular weight is 343 g/mol. The Kier molecular flexibility index (Phi) is 5.38. The molecule has 0 unspecified atom stereocenters. The molecule has 122 valence electrons. The van der Waals surface area contributed by atoms with E-state index in [1.165, 1.54) is 23.5 Å². The lowest BCUT2D eigenvalue weighted by Crippen LogP contribution is -2.30. The maximum atomic E-state index is 12.6. The molecule has 1 aromatic carbocycles. The van der Waals surface area contributed by atoms with Gasteiger partial charge in [0.2, 0.25) is 0 Å². The number of carbonyl (C=O) groups is 2. The van der Waals surface area contributed by atoms with Gasteiger partial charge in [0.25, 0.3) is 5.91 Å². The Hall–Kier alpha value is -2.35. The number of thiophene rings is 1. The van der Waals surface area contributed by atoms with Crippen LogP contribution in [0.15, 0.2) is 41.8 Å². The van der Waals surface area contributed by atoms with Crippen LogP contribution in [0.3, 0.4) is 0 Å². The van der Waals surface area contributed by atoms with Gasteiger partial charge in [0, 0.05) is 0 Å². The van der Waals surface area contributed by atoms with Gasteiger partial charge in [0.15, 0.2) is 0 Å². The molecular formula is C15H12F3NO3S. The lowest BCUT2D eigenvalue weighted by Gasteiger charge is -2.09. The number of halogens is 3. The summed E-state index contributed by atoms with van der Waals surface area (Å²) in [6.07, 6.45) is -4.45. The maximum Gasteiger partial charge on any atom is 0.416 e. The third-order valence-corrected chi connectivity index (χ3v) is 3.66. The van der Waals surface area contributed by atoms with E-state index in [-0.39, 0.29) is 18.7 Å². The molecule has 23 heavy (non-hydrogen) atoms. The Morgan fingerprint density at radius 3 is 2.61 bits per heavy atom. The Morgan fingerprint density at radius 1 is 1.17 bits per heavy atom. The van der Waals surface area contributed by atoms with Crippen molar-refractivity contribution >= 4 is 23.2 Å². The minimum absolute atomic E-state index is 0.220. The van der Waals surface area contributed by atoms with Gasteiger partial charge in [-0.3, -0.25) is 9.59 Å². The zero-order valence-corrected chi connectivity index (χ0v) is 12.5. The van der Waals surface area contributed by atoms with Gasteiger partial charge in [-0.2, -0.15) is 13.2 Å². The van der Waals surface area contributed by atoms with Crippen LogP contribution in [0, 0.1) is 0 Å². The van der Waals surface area contributed by atoms with Crippen molar-refractivity contribution in [2.24, 2.45) is 0 Å². The molecule has 0 aliphatic carbocycles. The largest absolute Gasteiger partial charge is 0.460 e. The molecule has 0 saturated carbocycles. The predicted molar refractivity (Wildman–Crippen MR) is 77.9 cm³/mol. The molecule has 0 saturated heterocycles. The summed E-state index contributed by atoms with van der Waals surface area (Å²) in [5, 5.41) is 4.10. The molecular weight excluding hydrogens is 331 g/mol. The third-order valence-electron chi connectivity index (χ3n) is 2.79. The molecule has 0 aliphatic rings. The van der Waals surface area contributed by atoms with Crippen LogP contribution < -0.4 is 5.32 Å². The summed E-state index contributed by atoms with van der Waals surface area (Å²) in [4.78, 5) is 23.6.